The number of carbonyl (C=O) groups is 2. The minimum absolute atomic E-state index is 0.170. The van der Waals surface area contributed by atoms with E-state index in [1.807, 2.05) is 31.2 Å². The van der Waals surface area contributed by atoms with E-state index in [0.29, 0.717) is 24.3 Å². The molecule has 2 heterocycles. The zero-order chi connectivity index (χ0) is 17.3. The molecule has 1 saturated heterocycles. The Bertz CT molecular complexity index is 771. The second-order valence-corrected chi connectivity index (χ2v) is 6.11. The summed E-state index contributed by atoms with van der Waals surface area (Å²) in [6.07, 6.45) is 1.51. The molecule has 7 heteroatoms. The van der Waals surface area contributed by atoms with Gasteiger partial charge in [-0.25, -0.2) is 0 Å². The van der Waals surface area contributed by atoms with Gasteiger partial charge in [-0.15, -0.1) is 0 Å². The Morgan fingerprint density at radius 2 is 2.12 bits per heavy atom. The molecule has 2 N–H and O–H groups in total. The molecule has 24 heavy (non-hydrogen) atoms. The number of carboxylic acid groups (broad SMARTS) is 1. The number of aliphatic carboxylic acids is 1. The van der Waals surface area contributed by atoms with Crippen LogP contribution in [0, 0.1) is 6.92 Å². The summed E-state index contributed by atoms with van der Waals surface area (Å²) in [6, 6.07) is 7.13. The molecule has 0 bridgehead atoms. The number of benzene rings is 1. The number of carbonyl (C=O) groups excluding carboxylic acids is 1. The van der Waals surface area contributed by atoms with E-state index in [0.717, 1.165) is 11.1 Å². The summed E-state index contributed by atoms with van der Waals surface area (Å²) in [5, 5.41) is 16.2. The van der Waals surface area contributed by atoms with Crippen LogP contribution in [-0.4, -0.2) is 69.7 Å². The quantitative estimate of drug-likeness (QED) is 0.884. The first-order chi connectivity index (χ1) is 11.5. The average Bonchev–Trinajstić information content (AvgIpc) is 3.04. The van der Waals surface area contributed by atoms with Gasteiger partial charge in [-0.1, -0.05) is 23.8 Å². The van der Waals surface area contributed by atoms with Crippen molar-refractivity contribution in [3.8, 4) is 11.3 Å². The van der Waals surface area contributed by atoms with E-state index in [1.165, 1.54) is 6.20 Å². The summed E-state index contributed by atoms with van der Waals surface area (Å²) in [4.78, 5) is 27.6. The van der Waals surface area contributed by atoms with Crippen molar-refractivity contribution < 1.29 is 14.7 Å². The number of hydrogen-bond donors (Lipinski definition) is 2. The number of nitrogens with one attached hydrogen (secondary N) is 1. The molecule has 1 aliphatic rings. The van der Waals surface area contributed by atoms with E-state index in [1.54, 1.807) is 16.8 Å². The van der Waals surface area contributed by atoms with Crippen LogP contribution in [-0.2, 0) is 4.79 Å². The molecular formula is C17H20N4O3. The molecule has 1 fully saturated rings. The van der Waals surface area contributed by atoms with Crippen molar-refractivity contribution in [1.82, 2.24) is 20.0 Å². The van der Waals surface area contributed by atoms with Crippen molar-refractivity contribution in [1.29, 1.82) is 0 Å². The number of aromatic nitrogens is 2. The van der Waals surface area contributed by atoms with Crippen LogP contribution in [0.3, 0.4) is 0 Å². The van der Waals surface area contributed by atoms with Crippen LogP contribution >= 0.6 is 0 Å². The number of amides is 1. The largest absolute Gasteiger partial charge is 0.480 e. The highest BCUT2D eigenvalue weighted by Crippen LogP contribution is 2.24. The Hall–Kier alpha value is -2.67. The van der Waals surface area contributed by atoms with E-state index in [-0.39, 0.29) is 12.5 Å². The maximum absolute atomic E-state index is 12.9. The monoisotopic (exact) mass is 328 g/mol. The molecule has 1 aliphatic heterocycles. The lowest BCUT2D eigenvalue weighted by Gasteiger charge is -2.37. The Morgan fingerprint density at radius 1 is 1.33 bits per heavy atom. The van der Waals surface area contributed by atoms with Gasteiger partial charge < -0.3 is 10.0 Å². The summed E-state index contributed by atoms with van der Waals surface area (Å²) in [5.41, 5.74) is 3.11. The minimum Gasteiger partial charge on any atom is -0.480 e. The summed E-state index contributed by atoms with van der Waals surface area (Å²) in [6.45, 7) is 3.18. The van der Waals surface area contributed by atoms with Crippen molar-refractivity contribution in [2.75, 3.05) is 26.7 Å². The molecule has 126 valence electrons. The third kappa shape index (κ3) is 3.03. The average molecular weight is 328 g/mol. The molecule has 7 nitrogen and oxygen atoms in total. The summed E-state index contributed by atoms with van der Waals surface area (Å²) < 4.78 is 0. The summed E-state index contributed by atoms with van der Waals surface area (Å²) in [7, 11) is 1.76. The Balaban J connectivity index is 1.87. The summed E-state index contributed by atoms with van der Waals surface area (Å²) in [5.74, 6) is -1.11. The Labute approximate surface area is 139 Å². The lowest BCUT2D eigenvalue weighted by atomic mass is 10.0. The van der Waals surface area contributed by atoms with Crippen molar-refractivity contribution in [2.45, 2.75) is 13.0 Å². The van der Waals surface area contributed by atoms with Crippen molar-refractivity contribution >= 4 is 11.9 Å². The van der Waals surface area contributed by atoms with Gasteiger partial charge in [0.15, 0.2) is 0 Å². The van der Waals surface area contributed by atoms with Crippen LogP contribution < -0.4 is 0 Å². The zero-order valence-electron chi connectivity index (χ0n) is 13.7. The number of rotatable bonds is 3. The van der Waals surface area contributed by atoms with Crippen molar-refractivity contribution in [2.24, 2.45) is 0 Å². The predicted octanol–water partition coefficient (Wildman–Crippen LogP) is 1.23. The molecule has 0 saturated carbocycles. The maximum Gasteiger partial charge on any atom is 0.322 e. The fraction of sp³-hybridized carbons (Fsp3) is 0.353. The van der Waals surface area contributed by atoms with Gasteiger partial charge in [0.1, 0.15) is 6.04 Å². The first kappa shape index (κ1) is 16.2. The third-order valence-electron chi connectivity index (χ3n) is 4.40. The molecule has 3 rings (SSSR count). The first-order valence-electron chi connectivity index (χ1n) is 7.80. The van der Waals surface area contributed by atoms with E-state index in [4.69, 9.17) is 0 Å². The van der Waals surface area contributed by atoms with Crippen molar-refractivity contribution in [3.05, 3.63) is 41.6 Å². The Kier molecular flexibility index (Phi) is 4.35. The van der Waals surface area contributed by atoms with Crippen LogP contribution in [0.2, 0.25) is 0 Å². The molecule has 1 aromatic carbocycles. The third-order valence-corrected chi connectivity index (χ3v) is 4.40. The SMILES string of the molecule is Cc1cccc(-c2[nH]ncc2C(=O)N2CCN(C)C(C(=O)O)C2)c1. The molecular weight excluding hydrogens is 308 g/mol. The van der Waals surface area contributed by atoms with Crippen LogP contribution in [0.15, 0.2) is 30.5 Å². The number of nitrogens with zero attached hydrogens (tertiary/aromatic N) is 3. The fourth-order valence-electron chi connectivity index (χ4n) is 2.96. The molecule has 1 unspecified atom stereocenters. The van der Waals surface area contributed by atoms with E-state index in [9.17, 15) is 14.7 Å². The highest BCUT2D eigenvalue weighted by atomic mass is 16.4. The van der Waals surface area contributed by atoms with Gasteiger partial charge >= 0.3 is 5.97 Å². The molecule has 0 radical (unpaired) electrons. The van der Waals surface area contributed by atoms with Crippen molar-refractivity contribution in [3.63, 3.8) is 0 Å². The van der Waals surface area contributed by atoms with Crippen LogP contribution in [0.25, 0.3) is 11.3 Å². The number of likely N-dealkylation sites (N-methyl/N-ethyl adjacent to an activating group) is 1. The lowest BCUT2D eigenvalue weighted by molar-refractivity contribution is -0.144. The van der Waals surface area contributed by atoms with E-state index in [2.05, 4.69) is 10.2 Å². The van der Waals surface area contributed by atoms with Crippen LogP contribution in [0.5, 0.6) is 0 Å². The lowest BCUT2D eigenvalue weighted by Crippen LogP contribution is -2.56. The number of carboxylic acids is 1. The molecule has 1 aromatic heterocycles. The topological polar surface area (TPSA) is 89.5 Å². The number of piperazine rings is 1. The van der Waals surface area contributed by atoms with Crippen LogP contribution in [0.1, 0.15) is 15.9 Å². The van der Waals surface area contributed by atoms with Gasteiger partial charge in [0.05, 0.1) is 17.5 Å². The minimum atomic E-state index is -0.916. The molecule has 0 spiro atoms. The predicted molar refractivity (Wildman–Crippen MR) is 88.7 cm³/mol. The molecule has 1 amide bonds. The van der Waals surface area contributed by atoms with Gasteiger partial charge in [-0.05, 0) is 20.0 Å². The highest BCUT2D eigenvalue weighted by Gasteiger charge is 2.33. The van der Waals surface area contributed by atoms with E-state index < -0.39 is 12.0 Å². The van der Waals surface area contributed by atoms with Gasteiger partial charge in [-0.2, -0.15) is 5.10 Å². The van der Waals surface area contributed by atoms with Crippen LogP contribution in [0.4, 0.5) is 0 Å². The number of aromatic amines is 1. The first-order valence-corrected chi connectivity index (χ1v) is 7.80. The smallest absolute Gasteiger partial charge is 0.322 e. The van der Waals surface area contributed by atoms with Gasteiger partial charge in [0, 0.05) is 25.2 Å². The standard InChI is InChI=1S/C17H20N4O3/c1-11-4-3-5-12(8-11)15-13(9-18-19-15)16(22)21-7-6-20(2)14(10-21)17(23)24/h3-5,8-9,14H,6-7,10H2,1-2H3,(H,18,19)(H,23,24). The fourth-order valence-corrected chi connectivity index (χ4v) is 2.96. The number of aryl methyl sites for hydroxylation is 1. The Morgan fingerprint density at radius 3 is 2.83 bits per heavy atom. The van der Waals surface area contributed by atoms with Gasteiger partial charge in [-0.3, -0.25) is 19.6 Å². The van der Waals surface area contributed by atoms with E-state index >= 15 is 0 Å². The molecule has 0 aliphatic carbocycles. The van der Waals surface area contributed by atoms with Gasteiger partial charge in [0.25, 0.3) is 5.91 Å². The van der Waals surface area contributed by atoms with Gasteiger partial charge in [0.2, 0.25) is 0 Å². The highest BCUT2D eigenvalue weighted by molar-refractivity contribution is 6.00. The molecule has 1 atom stereocenters. The molecule has 2 aromatic rings. The number of H-pyrrole nitrogens is 1. The second kappa shape index (κ2) is 6.45. The maximum atomic E-state index is 12.9. The number of hydrogen-bond acceptors (Lipinski definition) is 4. The zero-order valence-corrected chi connectivity index (χ0v) is 13.7. The normalized spacial score (nSPS) is 18.6. The summed E-state index contributed by atoms with van der Waals surface area (Å²) >= 11 is 0. The second-order valence-electron chi connectivity index (χ2n) is 6.11.